The first-order valence-corrected chi connectivity index (χ1v) is 9.65. The summed E-state index contributed by atoms with van der Waals surface area (Å²) in [5, 5.41) is 5.45. The maximum absolute atomic E-state index is 12.2. The molecule has 0 saturated carbocycles. The quantitative estimate of drug-likeness (QED) is 0.716. The molecule has 7 nitrogen and oxygen atoms in total. The molecule has 0 radical (unpaired) electrons. The summed E-state index contributed by atoms with van der Waals surface area (Å²) >= 11 is 0. The Balaban J connectivity index is 1.48. The highest BCUT2D eigenvalue weighted by atomic mass is 16.5. The summed E-state index contributed by atoms with van der Waals surface area (Å²) in [6.07, 6.45) is 4.38. The van der Waals surface area contributed by atoms with E-state index < -0.39 is 5.63 Å². The fraction of sp³-hybridized carbons (Fsp3) is 0.550. The molecular weight excluding hydrogens is 344 g/mol. The van der Waals surface area contributed by atoms with Gasteiger partial charge in [0, 0.05) is 19.1 Å². The highest BCUT2D eigenvalue weighted by Gasteiger charge is 2.23. The molecule has 0 spiro atoms. The first-order chi connectivity index (χ1) is 13.0. The molecule has 3 rings (SSSR count). The van der Waals surface area contributed by atoms with E-state index in [1.54, 1.807) is 0 Å². The van der Waals surface area contributed by atoms with Crippen molar-refractivity contribution in [1.82, 2.24) is 15.5 Å². The molecule has 0 bridgehead atoms. The van der Waals surface area contributed by atoms with Crippen molar-refractivity contribution in [3.05, 3.63) is 52.0 Å². The minimum Gasteiger partial charge on any atom is -0.347 e. The van der Waals surface area contributed by atoms with Gasteiger partial charge < -0.3 is 5.32 Å². The van der Waals surface area contributed by atoms with Gasteiger partial charge in [0.25, 0.3) is 18.6 Å². The highest BCUT2D eigenvalue weighted by molar-refractivity contribution is 5.74. The van der Waals surface area contributed by atoms with Crippen molar-refractivity contribution < 1.29 is 14.0 Å². The smallest absolute Gasteiger partial charge is 0.347 e. The van der Waals surface area contributed by atoms with Gasteiger partial charge in [-0.15, -0.1) is 0 Å². The van der Waals surface area contributed by atoms with E-state index in [1.807, 2.05) is 0 Å². The van der Waals surface area contributed by atoms with Crippen LogP contribution in [-0.4, -0.2) is 35.2 Å². The molecule has 1 unspecified atom stereocenters. The van der Waals surface area contributed by atoms with Crippen molar-refractivity contribution in [3.8, 4) is 0 Å². The van der Waals surface area contributed by atoms with Gasteiger partial charge in [0.2, 0.25) is 0 Å². The van der Waals surface area contributed by atoms with Crippen LogP contribution in [0.4, 0.5) is 0 Å². The second-order valence-electron chi connectivity index (χ2n) is 7.83. The van der Waals surface area contributed by atoms with E-state index in [4.69, 9.17) is 0 Å². The second kappa shape index (κ2) is 8.99. The molecule has 2 heterocycles. The van der Waals surface area contributed by atoms with Gasteiger partial charge >= 0.3 is 5.63 Å². The SMILES string of the molecule is CC(C)Cc1ccc(CN2CCCC(NC(=O)C[n+]3cc(=O)o[nH]3)C2)cc1. The number of carbonyl (C=O) groups excluding carboxylic acids is 1. The first-order valence-electron chi connectivity index (χ1n) is 9.65. The predicted molar refractivity (Wildman–Crippen MR) is 101 cm³/mol. The maximum atomic E-state index is 12.2. The monoisotopic (exact) mass is 373 g/mol. The molecule has 1 fully saturated rings. The van der Waals surface area contributed by atoms with E-state index in [1.165, 1.54) is 22.0 Å². The van der Waals surface area contributed by atoms with Gasteiger partial charge in [-0.25, -0.2) is 4.79 Å². The average Bonchev–Trinajstić information content (AvgIpc) is 3.01. The molecule has 27 heavy (non-hydrogen) atoms. The minimum absolute atomic E-state index is 0.0551. The van der Waals surface area contributed by atoms with E-state index in [9.17, 15) is 9.59 Å². The molecule has 1 aromatic heterocycles. The Morgan fingerprint density at radius 1 is 1.33 bits per heavy atom. The zero-order valence-corrected chi connectivity index (χ0v) is 16.1. The number of benzene rings is 1. The number of aromatic amines is 1. The largest absolute Gasteiger partial charge is 0.426 e. The van der Waals surface area contributed by atoms with Crippen molar-refractivity contribution in [2.45, 2.75) is 52.2 Å². The van der Waals surface area contributed by atoms with Crippen LogP contribution in [-0.2, 0) is 24.3 Å². The molecular formula is C20H29N4O3+. The van der Waals surface area contributed by atoms with Gasteiger partial charge in [-0.2, -0.15) is 0 Å². The number of likely N-dealkylation sites (tertiary alicyclic amines) is 1. The lowest BCUT2D eigenvalue weighted by atomic mass is 10.0. The summed E-state index contributed by atoms with van der Waals surface area (Å²) in [6, 6.07) is 9.01. The Morgan fingerprint density at radius 3 is 2.74 bits per heavy atom. The van der Waals surface area contributed by atoms with Crippen LogP contribution in [0.5, 0.6) is 0 Å². The van der Waals surface area contributed by atoms with Gasteiger partial charge in [-0.1, -0.05) is 42.8 Å². The zero-order valence-electron chi connectivity index (χ0n) is 16.1. The lowest BCUT2D eigenvalue weighted by Crippen LogP contribution is -2.51. The van der Waals surface area contributed by atoms with Crippen LogP contribution in [0.25, 0.3) is 0 Å². The minimum atomic E-state index is -0.494. The third-order valence-electron chi connectivity index (χ3n) is 4.78. The summed E-state index contributed by atoms with van der Waals surface area (Å²) in [4.78, 5) is 25.5. The van der Waals surface area contributed by atoms with Crippen LogP contribution < -0.4 is 15.6 Å². The third kappa shape index (κ3) is 6.06. The van der Waals surface area contributed by atoms with Gasteiger partial charge in [-0.3, -0.25) is 14.2 Å². The van der Waals surface area contributed by atoms with Crippen LogP contribution in [0.3, 0.4) is 0 Å². The molecule has 1 aliphatic heterocycles. The molecule has 1 saturated heterocycles. The lowest BCUT2D eigenvalue weighted by molar-refractivity contribution is -0.751. The molecule has 1 aliphatic rings. The number of amides is 1. The molecule has 2 N–H and O–H groups in total. The maximum Gasteiger partial charge on any atom is 0.426 e. The Kier molecular flexibility index (Phi) is 6.45. The molecule has 1 aromatic carbocycles. The van der Waals surface area contributed by atoms with E-state index in [0.29, 0.717) is 5.92 Å². The van der Waals surface area contributed by atoms with Gasteiger partial charge in [0.05, 0.1) is 0 Å². The molecule has 1 amide bonds. The van der Waals surface area contributed by atoms with Crippen molar-refractivity contribution >= 4 is 5.91 Å². The first kappa shape index (κ1) is 19.4. The fourth-order valence-corrected chi connectivity index (χ4v) is 3.62. The molecule has 7 heteroatoms. The van der Waals surface area contributed by atoms with Crippen LogP contribution in [0.15, 0.2) is 39.8 Å². The Morgan fingerprint density at radius 2 is 2.07 bits per heavy atom. The highest BCUT2D eigenvalue weighted by Crippen LogP contribution is 2.15. The summed E-state index contributed by atoms with van der Waals surface area (Å²) < 4.78 is 5.91. The van der Waals surface area contributed by atoms with E-state index in [2.05, 4.69) is 58.1 Å². The fourth-order valence-electron chi connectivity index (χ4n) is 3.62. The second-order valence-corrected chi connectivity index (χ2v) is 7.83. The van der Waals surface area contributed by atoms with Crippen molar-refractivity contribution in [2.75, 3.05) is 13.1 Å². The van der Waals surface area contributed by atoms with Gasteiger partial charge in [-0.05, 0) is 48.1 Å². The Labute approximate surface area is 159 Å². The van der Waals surface area contributed by atoms with E-state index >= 15 is 0 Å². The number of carbonyl (C=O) groups is 1. The van der Waals surface area contributed by atoms with Crippen molar-refractivity contribution in [3.63, 3.8) is 0 Å². The van der Waals surface area contributed by atoms with Crippen LogP contribution >= 0.6 is 0 Å². The summed E-state index contributed by atoms with van der Waals surface area (Å²) in [5.41, 5.74) is 2.19. The van der Waals surface area contributed by atoms with Crippen molar-refractivity contribution in [2.24, 2.45) is 5.92 Å². The zero-order chi connectivity index (χ0) is 19.2. The number of aromatic nitrogens is 2. The summed E-state index contributed by atoms with van der Waals surface area (Å²) in [7, 11) is 0. The number of rotatable bonds is 7. The van der Waals surface area contributed by atoms with Gasteiger partial charge in [0.1, 0.15) is 0 Å². The number of hydrogen-bond acceptors (Lipinski definition) is 4. The molecule has 0 aliphatic carbocycles. The Bertz CT molecular complexity index is 794. The standard InChI is InChI=1S/C20H28N4O3/c1-15(2)10-16-5-7-17(8-6-16)11-23-9-3-4-18(12-23)21-19(25)13-24-14-20(26)27-22-24/h5-8,14-15,18H,3-4,9-13H2,1-2H3,(H-,21,22,25,26)/p+1. The molecule has 1 atom stereocenters. The normalized spacial score (nSPS) is 18.0. The number of H-pyrrole nitrogens is 1. The lowest BCUT2D eigenvalue weighted by Gasteiger charge is -2.33. The molecule has 146 valence electrons. The number of nitrogens with zero attached hydrogens (tertiary/aromatic N) is 2. The summed E-state index contributed by atoms with van der Waals surface area (Å²) in [5.74, 6) is 0.544. The van der Waals surface area contributed by atoms with Crippen LogP contribution in [0, 0.1) is 5.92 Å². The summed E-state index contributed by atoms with van der Waals surface area (Å²) in [6.45, 7) is 7.31. The van der Waals surface area contributed by atoms with E-state index in [0.717, 1.165) is 38.9 Å². The number of nitrogens with one attached hydrogen (secondary N) is 2. The molecule has 2 aromatic rings. The predicted octanol–water partition coefficient (Wildman–Crippen LogP) is 1.23. The van der Waals surface area contributed by atoms with Crippen molar-refractivity contribution in [1.29, 1.82) is 0 Å². The topological polar surface area (TPSA) is 82.2 Å². The van der Waals surface area contributed by atoms with E-state index in [-0.39, 0.29) is 18.5 Å². The number of piperidine rings is 1. The van der Waals surface area contributed by atoms with Crippen LogP contribution in [0.2, 0.25) is 0 Å². The van der Waals surface area contributed by atoms with Gasteiger partial charge in [0.15, 0.2) is 0 Å². The average molecular weight is 373 g/mol. The Hall–Kier alpha value is -2.41. The third-order valence-corrected chi connectivity index (χ3v) is 4.78. The number of hydrogen-bond donors (Lipinski definition) is 2. The van der Waals surface area contributed by atoms with Crippen LogP contribution in [0.1, 0.15) is 37.8 Å².